The lowest BCUT2D eigenvalue weighted by atomic mass is 10.2. The van der Waals surface area contributed by atoms with Crippen molar-refractivity contribution in [1.82, 2.24) is 10.3 Å². The summed E-state index contributed by atoms with van der Waals surface area (Å²) >= 11 is 5.79. The van der Waals surface area contributed by atoms with Crippen molar-refractivity contribution in [2.45, 2.75) is 26.3 Å². The molecule has 1 aromatic heterocycles. The zero-order valence-corrected chi connectivity index (χ0v) is 10.5. The zero-order chi connectivity index (χ0) is 12.6. The van der Waals surface area contributed by atoms with Crippen LogP contribution in [-0.2, 0) is 0 Å². The minimum Gasteiger partial charge on any atom is -0.349 e. The van der Waals surface area contributed by atoms with Gasteiger partial charge in [0.15, 0.2) is 0 Å². The van der Waals surface area contributed by atoms with Gasteiger partial charge in [-0.05, 0) is 24.0 Å². The van der Waals surface area contributed by atoms with Gasteiger partial charge in [-0.15, -0.1) is 0 Å². The molecule has 1 aromatic rings. The molecular formula is C11H15ClN4O. The fourth-order valence-corrected chi connectivity index (χ4v) is 1.87. The Kier molecular flexibility index (Phi) is 2.97. The molecule has 1 aliphatic carbocycles. The second-order valence-electron chi connectivity index (χ2n) is 4.93. The summed E-state index contributed by atoms with van der Waals surface area (Å²) in [5, 5.41) is 3.18. The molecule has 1 fully saturated rings. The van der Waals surface area contributed by atoms with Crippen LogP contribution in [0.15, 0.2) is 12.1 Å². The normalized spacial score (nSPS) is 20.8. The fraction of sp³-hybridized carbons (Fsp3) is 0.455. The van der Waals surface area contributed by atoms with Crippen molar-refractivity contribution in [2.75, 3.05) is 5.43 Å². The van der Waals surface area contributed by atoms with Gasteiger partial charge in [0.05, 0.1) is 0 Å². The molecule has 0 aliphatic heterocycles. The summed E-state index contributed by atoms with van der Waals surface area (Å²) in [6.07, 6.45) is 1.000. The first-order valence-corrected chi connectivity index (χ1v) is 5.75. The Morgan fingerprint density at radius 2 is 2.24 bits per heavy atom. The highest BCUT2D eigenvalue weighted by atomic mass is 35.5. The lowest BCUT2D eigenvalue weighted by Gasteiger charge is -2.08. The van der Waals surface area contributed by atoms with Crippen LogP contribution in [0, 0.1) is 5.41 Å². The third-order valence-electron chi connectivity index (χ3n) is 3.02. The smallest absolute Gasteiger partial charge is 0.251 e. The quantitative estimate of drug-likeness (QED) is 0.434. The second-order valence-corrected chi connectivity index (χ2v) is 5.31. The number of halogens is 1. The van der Waals surface area contributed by atoms with Crippen molar-refractivity contribution in [2.24, 2.45) is 11.3 Å². The summed E-state index contributed by atoms with van der Waals surface area (Å²) in [6.45, 7) is 4.23. The summed E-state index contributed by atoms with van der Waals surface area (Å²) in [4.78, 5) is 15.8. The van der Waals surface area contributed by atoms with E-state index in [2.05, 4.69) is 29.6 Å². The van der Waals surface area contributed by atoms with E-state index in [-0.39, 0.29) is 22.5 Å². The van der Waals surface area contributed by atoms with Crippen LogP contribution >= 0.6 is 11.6 Å². The average molecular weight is 255 g/mol. The summed E-state index contributed by atoms with van der Waals surface area (Å²) < 4.78 is 0. The van der Waals surface area contributed by atoms with E-state index >= 15 is 0 Å². The molecule has 1 unspecified atom stereocenters. The van der Waals surface area contributed by atoms with Crippen molar-refractivity contribution in [3.05, 3.63) is 22.8 Å². The number of anilines is 1. The van der Waals surface area contributed by atoms with Crippen molar-refractivity contribution in [1.29, 1.82) is 0 Å². The maximum absolute atomic E-state index is 11.9. The number of hydrogen-bond acceptors (Lipinski definition) is 4. The van der Waals surface area contributed by atoms with Gasteiger partial charge in [-0.25, -0.2) is 10.8 Å². The maximum atomic E-state index is 11.9. The molecule has 5 nitrogen and oxygen atoms in total. The van der Waals surface area contributed by atoms with E-state index in [0.717, 1.165) is 6.42 Å². The highest BCUT2D eigenvalue weighted by molar-refractivity contribution is 6.29. The number of nitrogens with one attached hydrogen (secondary N) is 2. The zero-order valence-electron chi connectivity index (χ0n) is 9.75. The van der Waals surface area contributed by atoms with E-state index in [4.69, 9.17) is 17.4 Å². The molecule has 17 heavy (non-hydrogen) atoms. The topological polar surface area (TPSA) is 80.0 Å². The Hall–Kier alpha value is -1.33. The molecule has 4 N–H and O–H groups in total. The number of nitrogens with two attached hydrogens (primary N) is 1. The van der Waals surface area contributed by atoms with Gasteiger partial charge < -0.3 is 10.7 Å². The summed E-state index contributed by atoms with van der Waals surface area (Å²) in [7, 11) is 0. The van der Waals surface area contributed by atoms with Crippen LogP contribution in [0.4, 0.5) is 5.82 Å². The molecule has 92 valence electrons. The van der Waals surface area contributed by atoms with E-state index < -0.39 is 0 Å². The van der Waals surface area contributed by atoms with Gasteiger partial charge in [0.2, 0.25) is 0 Å². The van der Waals surface area contributed by atoms with Crippen molar-refractivity contribution in [3.63, 3.8) is 0 Å². The molecule has 1 aliphatic rings. The lowest BCUT2D eigenvalue weighted by molar-refractivity contribution is 0.0946. The SMILES string of the molecule is CC1(C)CC1NC(=O)c1cc(Cl)nc(NN)c1. The largest absolute Gasteiger partial charge is 0.349 e. The van der Waals surface area contributed by atoms with E-state index in [0.29, 0.717) is 11.4 Å². The first-order valence-electron chi connectivity index (χ1n) is 5.37. The fourth-order valence-electron chi connectivity index (χ4n) is 1.66. The molecule has 1 saturated carbocycles. The molecule has 0 saturated heterocycles. The third kappa shape index (κ3) is 2.68. The monoisotopic (exact) mass is 254 g/mol. The van der Waals surface area contributed by atoms with Gasteiger partial charge in [-0.3, -0.25) is 4.79 Å². The standard InChI is InChI=1S/C11H15ClN4O/c1-11(2)5-7(11)14-10(17)6-3-8(12)15-9(4-6)16-13/h3-4,7H,5,13H2,1-2H3,(H,14,17)(H,15,16). The number of pyridine rings is 1. The summed E-state index contributed by atoms with van der Waals surface area (Å²) in [5.74, 6) is 5.46. The van der Waals surface area contributed by atoms with Crippen LogP contribution in [0.2, 0.25) is 5.15 Å². The Balaban J connectivity index is 2.11. The number of aromatic nitrogens is 1. The van der Waals surface area contributed by atoms with Gasteiger partial charge >= 0.3 is 0 Å². The molecule has 0 bridgehead atoms. The van der Waals surface area contributed by atoms with Crippen LogP contribution in [0.25, 0.3) is 0 Å². The van der Waals surface area contributed by atoms with Crippen molar-refractivity contribution < 1.29 is 4.79 Å². The number of amides is 1. The predicted molar refractivity (Wildman–Crippen MR) is 66.7 cm³/mol. The first kappa shape index (κ1) is 12.1. The van der Waals surface area contributed by atoms with E-state index in [1.807, 2.05) is 0 Å². The Labute approximate surface area is 105 Å². The molecular weight excluding hydrogens is 240 g/mol. The van der Waals surface area contributed by atoms with Crippen LogP contribution in [0.5, 0.6) is 0 Å². The molecule has 2 rings (SSSR count). The Morgan fingerprint density at radius 1 is 1.59 bits per heavy atom. The van der Waals surface area contributed by atoms with Crippen LogP contribution in [0.1, 0.15) is 30.6 Å². The second kappa shape index (κ2) is 4.16. The number of carbonyl (C=O) groups is 1. The minimum absolute atomic E-state index is 0.152. The summed E-state index contributed by atoms with van der Waals surface area (Å²) in [5.41, 5.74) is 3.03. The van der Waals surface area contributed by atoms with E-state index in [1.54, 1.807) is 6.07 Å². The number of carbonyl (C=O) groups excluding carboxylic acids is 1. The van der Waals surface area contributed by atoms with Gasteiger partial charge in [0.25, 0.3) is 5.91 Å². The van der Waals surface area contributed by atoms with Crippen LogP contribution in [0.3, 0.4) is 0 Å². The van der Waals surface area contributed by atoms with E-state index in [1.165, 1.54) is 6.07 Å². The van der Waals surface area contributed by atoms with Gasteiger partial charge in [0, 0.05) is 11.6 Å². The number of nitrogens with zero attached hydrogens (tertiary/aromatic N) is 1. The van der Waals surface area contributed by atoms with Crippen molar-refractivity contribution in [3.8, 4) is 0 Å². The predicted octanol–water partition coefficient (Wildman–Crippen LogP) is 1.55. The molecule has 0 aromatic carbocycles. The minimum atomic E-state index is -0.152. The highest BCUT2D eigenvalue weighted by Gasteiger charge is 2.46. The number of nitrogen functional groups attached to an aromatic ring is 1. The van der Waals surface area contributed by atoms with E-state index in [9.17, 15) is 4.79 Å². The molecule has 1 heterocycles. The maximum Gasteiger partial charge on any atom is 0.251 e. The first-order chi connectivity index (χ1) is 7.92. The Morgan fingerprint density at radius 3 is 2.76 bits per heavy atom. The van der Waals surface area contributed by atoms with Gasteiger partial charge in [-0.1, -0.05) is 25.4 Å². The highest BCUT2D eigenvalue weighted by Crippen LogP contribution is 2.44. The molecule has 1 amide bonds. The van der Waals surface area contributed by atoms with Crippen molar-refractivity contribution >= 4 is 23.3 Å². The molecule has 0 spiro atoms. The van der Waals surface area contributed by atoms with Crippen LogP contribution < -0.4 is 16.6 Å². The Bertz CT molecular complexity index is 461. The number of rotatable bonds is 3. The molecule has 0 radical (unpaired) electrons. The van der Waals surface area contributed by atoms with Gasteiger partial charge in [0.1, 0.15) is 11.0 Å². The van der Waals surface area contributed by atoms with Gasteiger partial charge in [-0.2, -0.15) is 0 Å². The lowest BCUT2D eigenvalue weighted by Crippen LogP contribution is -2.28. The molecule has 6 heteroatoms. The third-order valence-corrected chi connectivity index (χ3v) is 3.22. The number of hydrazine groups is 1. The summed E-state index contributed by atoms with van der Waals surface area (Å²) in [6, 6.07) is 3.32. The molecule has 1 atom stereocenters. The average Bonchev–Trinajstić information content (AvgIpc) is 2.85. The van der Waals surface area contributed by atoms with Crippen LogP contribution in [-0.4, -0.2) is 16.9 Å². The number of hydrogen-bond donors (Lipinski definition) is 3.